The van der Waals surface area contributed by atoms with Crippen molar-refractivity contribution in [1.82, 2.24) is 0 Å². The van der Waals surface area contributed by atoms with E-state index >= 15 is 0 Å². The summed E-state index contributed by atoms with van der Waals surface area (Å²) >= 11 is 3.72. The molecule has 2 N–H and O–H groups in total. The van der Waals surface area contributed by atoms with E-state index in [2.05, 4.69) is 15.9 Å². The zero-order chi connectivity index (χ0) is 21.2. The molecule has 2 aliphatic rings. The van der Waals surface area contributed by atoms with Gasteiger partial charge in [-0.2, -0.15) is 0 Å². The monoisotopic (exact) mass is 470 g/mol. The van der Waals surface area contributed by atoms with Crippen molar-refractivity contribution in [3.05, 3.63) is 81.8 Å². The van der Waals surface area contributed by atoms with Gasteiger partial charge < -0.3 is 10.5 Å². The SMILES string of the molecule is NC(=O)C1(C2(Cc3ccccc3)N=CC(OCc3ccccc3F)=C2Br)CCCC1. The zero-order valence-electron chi connectivity index (χ0n) is 16.6. The van der Waals surface area contributed by atoms with Gasteiger partial charge in [0.15, 0.2) is 0 Å². The number of ether oxygens (including phenoxy) is 1. The second-order valence-electron chi connectivity index (χ2n) is 7.99. The first-order valence-corrected chi connectivity index (χ1v) is 10.9. The lowest BCUT2D eigenvalue weighted by Crippen LogP contribution is -2.54. The van der Waals surface area contributed by atoms with E-state index in [4.69, 9.17) is 15.5 Å². The van der Waals surface area contributed by atoms with E-state index in [-0.39, 0.29) is 18.3 Å². The summed E-state index contributed by atoms with van der Waals surface area (Å²) in [4.78, 5) is 17.7. The van der Waals surface area contributed by atoms with Crippen LogP contribution in [0.15, 0.2) is 69.8 Å². The predicted molar refractivity (Wildman–Crippen MR) is 119 cm³/mol. The van der Waals surface area contributed by atoms with Gasteiger partial charge in [0.1, 0.15) is 23.7 Å². The van der Waals surface area contributed by atoms with Crippen molar-refractivity contribution in [2.24, 2.45) is 16.1 Å². The summed E-state index contributed by atoms with van der Waals surface area (Å²) in [5.41, 5.74) is 5.87. The molecule has 1 atom stereocenters. The fourth-order valence-electron chi connectivity index (χ4n) is 4.72. The maximum atomic E-state index is 14.0. The van der Waals surface area contributed by atoms with E-state index in [1.807, 2.05) is 30.3 Å². The number of halogens is 2. The van der Waals surface area contributed by atoms with Crippen LogP contribution >= 0.6 is 15.9 Å². The van der Waals surface area contributed by atoms with E-state index in [1.54, 1.807) is 24.4 Å². The van der Waals surface area contributed by atoms with Gasteiger partial charge in [0.05, 0.1) is 16.1 Å². The van der Waals surface area contributed by atoms with E-state index < -0.39 is 11.0 Å². The number of nitrogens with zero attached hydrogens (tertiary/aromatic N) is 1. The highest BCUT2D eigenvalue weighted by Crippen LogP contribution is 2.56. The van der Waals surface area contributed by atoms with Crippen molar-refractivity contribution < 1.29 is 13.9 Å². The number of hydrogen-bond donors (Lipinski definition) is 1. The maximum absolute atomic E-state index is 14.0. The van der Waals surface area contributed by atoms with E-state index in [9.17, 15) is 9.18 Å². The molecule has 1 aliphatic carbocycles. The van der Waals surface area contributed by atoms with Crippen LogP contribution in [0.25, 0.3) is 0 Å². The van der Waals surface area contributed by atoms with Crippen LogP contribution in [0.2, 0.25) is 0 Å². The summed E-state index contributed by atoms with van der Waals surface area (Å²) in [6.07, 6.45) is 5.41. The van der Waals surface area contributed by atoms with Crippen LogP contribution in [-0.2, 0) is 22.6 Å². The van der Waals surface area contributed by atoms with Crippen LogP contribution in [-0.4, -0.2) is 17.7 Å². The summed E-state index contributed by atoms with van der Waals surface area (Å²) in [6, 6.07) is 16.5. The molecule has 1 amide bonds. The number of allylic oxidation sites excluding steroid dienone is 1. The number of primary amides is 1. The van der Waals surface area contributed by atoms with Crippen molar-refractivity contribution in [3.8, 4) is 0 Å². The Bertz CT molecular complexity index is 999. The topological polar surface area (TPSA) is 64.7 Å². The second-order valence-corrected chi connectivity index (χ2v) is 8.79. The first-order chi connectivity index (χ1) is 14.5. The number of amides is 1. The van der Waals surface area contributed by atoms with Crippen molar-refractivity contribution in [1.29, 1.82) is 0 Å². The van der Waals surface area contributed by atoms with E-state index in [1.165, 1.54) is 6.07 Å². The summed E-state index contributed by atoms with van der Waals surface area (Å²) in [5, 5.41) is 0. The lowest BCUT2D eigenvalue weighted by molar-refractivity contribution is -0.130. The molecular formula is C24H24BrFN2O2. The molecule has 156 valence electrons. The minimum absolute atomic E-state index is 0.0775. The van der Waals surface area contributed by atoms with E-state index in [0.29, 0.717) is 35.1 Å². The first-order valence-electron chi connectivity index (χ1n) is 10.1. The Labute approximate surface area is 184 Å². The highest BCUT2D eigenvalue weighted by atomic mass is 79.9. The van der Waals surface area contributed by atoms with Crippen molar-refractivity contribution in [2.45, 2.75) is 44.2 Å². The quantitative estimate of drug-likeness (QED) is 0.614. The molecule has 0 spiro atoms. The van der Waals surface area contributed by atoms with Gasteiger partial charge in [-0.3, -0.25) is 9.79 Å². The van der Waals surface area contributed by atoms with Gasteiger partial charge in [0.2, 0.25) is 5.91 Å². The van der Waals surface area contributed by atoms with Crippen LogP contribution in [0.4, 0.5) is 4.39 Å². The Morgan fingerprint density at radius 2 is 1.77 bits per heavy atom. The lowest BCUT2D eigenvalue weighted by Gasteiger charge is -2.42. The Balaban J connectivity index is 1.72. The first kappa shape index (κ1) is 20.8. The summed E-state index contributed by atoms with van der Waals surface area (Å²) in [6.45, 7) is 0.0775. The second kappa shape index (κ2) is 8.34. The molecule has 2 aromatic rings. The van der Waals surface area contributed by atoms with Crippen molar-refractivity contribution in [2.75, 3.05) is 0 Å². The van der Waals surface area contributed by atoms with Crippen LogP contribution in [0.1, 0.15) is 36.8 Å². The van der Waals surface area contributed by atoms with Gasteiger partial charge in [-0.15, -0.1) is 0 Å². The molecule has 4 rings (SSSR count). The fourth-order valence-corrected chi connectivity index (χ4v) is 5.56. The van der Waals surface area contributed by atoms with Gasteiger partial charge >= 0.3 is 0 Å². The molecule has 0 bridgehead atoms. The molecule has 4 nitrogen and oxygen atoms in total. The average molecular weight is 471 g/mol. The predicted octanol–water partition coefficient (Wildman–Crippen LogP) is 5.06. The molecule has 0 radical (unpaired) electrons. The fraction of sp³-hybridized carbons (Fsp3) is 0.333. The number of aliphatic imine (C=N–C) groups is 1. The normalized spacial score (nSPS) is 22.5. The molecule has 1 saturated carbocycles. The van der Waals surface area contributed by atoms with Gasteiger partial charge in [-0.25, -0.2) is 4.39 Å². The summed E-state index contributed by atoms with van der Waals surface area (Å²) < 4.78 is 20.7. The minimum atomic E-state index is -0.860. The number of hydrogen-bond acceptors (Lipinski definition) is 3. The Morgan fingerprint density at radius 1 is 1.10 bits per heavy atom. The Hall–Kier alpha value is -2.47. The Kier molecular flexibility index (Phi) is 5.78. The molecule has 1 aliphatic heterocycles. The van der Waals surface area contributed by atoms with Crippen molar-refractivity contribution >= 4 is 28.1 Å². The third-order valence-corrected chi connectivity index (χ3v) is 7.39. The Morgan fingerprint density at radius 3 is 2.43 bits per heavy atom. The molecule has 30 heavy (non-hydrogen) atoms. The van der Waals surface area contributed by atoms with Crippen LogP contribution in [0, 0.1) is 11.2 Å². The van der Waals surface area contributed by atoms with Crippen LogP contribution in [0.5, 0.6) is 0 Å². The van der Waals surface area contributed by atoms with E-state index in [0.717, 1.165) is 18.4 Å². The summed E-state index contributed by atoms with van der Waals surface area (Å²) in [7, 11) is 0. The highest BCUT2D eigenvalue weighted by Gasteiger charge is 2.60. The number of carbonyl (C=O) groups is 1. The van der Waals surface area contributed by atoms with Crippen molar-refractivity contribution in [3.63, 3.8) is 0 Å². The number of nitrogens with two attached hydrogens (primary N) is 1. The number of carbonyl (C=O) groups excluding carboxylic acids is 1. The molecular weight excluding hydrogens is 447 g/mol. The molecule has 2 aromatic carbocycles. The maximum Gasteiger partial charge on any atom is 0.226 e. The molecule has 6 heteroatoms. The van der Waals surface area contributed by atoms with Crippen LogP contribution in [0.3, 0.4) is 0 Å². The van der Waals surface area contributed by atoms with Gasteiger partial charge in [0.25, 0.3) is 0 Å². The van der Waals surface area contributed by atoms with Gasteiger partial charge in [-0.05, 0) is 40.4 Å². The number of benzene rings is 2. The molecule has 1 fully saturated rings. The summed E-state index contributed by atoms with van der Waals surface area (Å²) in [5.74, 6) is -0.133. The zero-order valence-corrected chi connectivity index (χ0v) is 18.2. The van der Waals surface area contributed by atoms with Crippen LogP contribution < -0.4 is 5.73 Å². The molecule has 1 unspecified atom stereocenters. The largest absolute Gasteiger partial charge is 0.486 e. The lowest BCUT2D eigenvalue weighted by atomic mass is 9.65. The highest BCUT2D eigenvalue weighted by molar-refractivity contribution is 9.11. The van der Waals surface area contributed by atoms with Gasteiger partial charge in [-0.1, -0.05) is 61.4 Å². The minimum Gasteiger partial charge on any atom is -0.486 e. The standard InChI is InChI=1S/C24H24BrFN2O2/c25-21-20(30-16-18-10-4-5-11-19(18)26)15-28-24(21,14-17-8-2-1-3-9-17)23(22(27)29)12-6-7-13-23/h1-5,8-11,15H,6-7,12-14,16H2,(H2,27,29). The molecule has 1 heterocycles. The average Bonchev–Trinajstić information content (AvgIpc) is 3.36. The van der Waals surface area contributed by atoms with Gasteiger partial charge in [0, 0.05) is 12.0 Å². The third kappa shape index (κ3) is 3.47. The molecule has 0 saturated heterocycles. The third-order valence-electron chi connectivity index (χ3n) is 6.35. The number of rotatable bonds is 7. The molecule has 0 aromatic heterocycles. The smallest absolute Gasteiger partial charge is 0.226 e.